The summed E-state index contributed by atoms with van der Waals surface area (Å²) in [7, 11) is 0. The highest BCUT2D eigenvalue weighted by Crippen LogP contribution is 2.21. The average Bonchev–Trinajstić information content (AvgIpc) is 2.55. The fourth-order valence-corrected chi connectivity index (χ4v) is 1.47. The molecule has 92 valence electrons. The number of aliphatic hydroxyl groups excluding tert-OH is 1. The van der Waals surface area contributed by atoms with Crippen LogP contribution in [0.4, 0.5) is 0 Å². The van der Waals surface area contributed by atoms with Gasteiger partial charge in [0.1, 0.15) is 6.61 Å². The highest BCUT2D eigenvalue weighted by molar-refractivity contribution is 5.92. The van der Waals surface area contributed by atoms with E-state index in [4.69, 9.17) is 4.74 Å². The van der Waals surface area contributed by atoms with Gasteiger partial charge in [-0.15, -0.1) is 0 Å². The Balaban J connectivity index is 2.75. The Morgan fingerprint density at radius 3 is 2.82 bits per heavy atom. The Hall–Kier alpha value is -1.68. The molecule has 1 N–H and O–H groups in total. The van der Waals surface area contributed by atoms with Crippen LogP contribution >= 0.6 is 0 Å². The zero-order valence-corrected chi connectivity index (χ0v) is 9.97. The third-order valence-corrected chi connectivity index (χ3v) is 2.23. The molecule has 0 saturated heterocycles. The van der Waals surface area contributed by atoms with Crippen LogP contribution in [0.15, 0.2) is 35.5 Å². The molecule has 0 spiro atoms. The topological polar surface area (TPSA) is 63.6 Å². The van der Waals surface area contributed by atoms with E-state index in [0.29, 0.717) is 5.57 Å². The smallest absolute Gasteiger partial charge is 0.334 e. The Morgan fingerprint density at radius 1 is 1.53 bits per heavy atom. The SMILES string of the molecule is CC(=O)C=CC=CC1=C(C[C@H](C)O)C(=O)OC1. The van der Waals surface area contributed by atoms with Gasteiger partial charge in [0.2, 0.25) is 0 Å². The Kier molecular flexibility index (Phi) is 4.84. The zero-order valence-electron chi connectivity index (χ0n) is 9.97. The maximum absolute atomic E-state index is 11.4. The second kappa shape index (κ2) is 6.15. The van der Waals surface area contributed by atoms with Crippen molar-refractivity contribution in [2.75, 3.05) is 6.61 Å². The molecule has 0 radical (unpaired) electrons. The van der Waals surface area contributed by atoms with E-state index in [0.717, 1.165) is 5.57 Å². The van der Waals surface area contributed by atoms with Crippen molar-refractivity contribution in [3.63, 3.8) is 0 Å². The number of carbonyl (C=O) groups excluding carboxylic acids is 2. The lowest BCUT2D eigenvalue weighted by Crippen LogP contribution is -2.07. The number of carbonyl (C=O) groups is 2. The third-order valence-electron chi connectivity index (χ3n) is 2.23. The van der Waals surface area contributed by atoms with Gasteiger partial charge in [0.15, 0.2) is 5.78 Å². The summed E-state index contributed by atoms with van der Waals surface area (Å²) in [5.74, 6) is -0.410. The summed E-state index contributed by atoms with van der Waals surface area (Å²) >= 11 is 0. The van der Waals surface area contributed by atoms with E-state index in [-0.39, 0.29) is 24.8 Å². The predicted molar refractivity (Wildman–Crippen MR) is 63.2 cm³/mol. The van der Waals surface area contributed by atoms with Crippen molar-refractivity contribution in [2.45, 2.75) is 26.4 Å². The Morgan fingerprint density at radius 2 is 2.24 bits per heavy atom. The fourth-order valence-electron chi connectivity index (χ4n) is 1.47. The summed E-state index contributed by atoms with van der Waals surface area (Å²) in [6.45, 7) is 3.31. The van der Waals surface area contributed by atoms with Crippen LogP contribution in [-0.4, -0.2) is 29.6 Å². The number of cyclic esters (lactones) is 1. The minimum Gasteiger partial charge on any atom is -0.457 e. The summed E-state index contributed by atoms with van der Waals surface area (Å²) in [5.41, 5.74) is 1.26. The minimum absolute atomic E-state index is 0.0356. The molecule has 1 atom stereocenters. The molecular weight excluding hydrogens is 220 g/mol. The lowest BCUT2D eigenvalue weighted by atomic mass is 10.0. The number of allylic oxidation sites excluding steroid dienone is 3. The number of aliphatic hydroxyl groups is 1. The largest absolute Gasteiger partial charge is 0.457 e. The first kappa shape index (κ1) is 13.4. The molecule has 17 heavy (non-hydrogen) atoms. The van der Waals surface area contributed by atoms with Crippen LogP contribution < -0.4 is 0 Å². The van der Waals surface area contributed by atoms with Crippen molar-refractivity contribution < 1.29 is 19.4 Å². The summed E-state index contributed by atoms with van der Waals surface area (Å²) < 4.78 is 4.89. The van der Waals surface area contributed by atoms with E-state index in [1.165, 1.54) is 13.0 Å². The third kappa shape index (κ3) is 4.36. The van der Waals surface area contributed by atoms with Gasteiger partial charge in [-0.25, -0.2) is 4.79 Å². The molecule has 0 bridgehead atoms. The van der Waals surface area contributed by atoms with Gasteiger partial charge in [-0.3, -0.25) is 4.79 Å². The number of ketones is 1. The quantitative estimate of drug-likeness (QED) is 0.444. The summed E-state index contributed by atoms with van der Waals surface area (Å²) in [5, 5.41) is 9.27. The lowest BCUT2D eigenvalue weighted by molar-refractivity contribution is -0.136. The molecule has 0 saturated carbocycles. The summed E-state index contributed by atoms with van der Waals surface area (Å²) in [4.78, 5) is 22.0. The van der Waals surface area contributed by atoms with Crippen molar-refractivity contribution in [3.8, 4) is 0 Å². The number of ether oxygens (including phenoxy) is 1. The molecule has 1 rings (SSSR count). The van der Waals surface area contributed by atoms with Crippen molar-refractivity contribution in [3.05, 3.63) is 35.5 Å². The van der Waals surface area contributed by atoms with Crippen LogP contribution in [0.25, 0.3) is 0 Å². The Bertz CT molecular complexity index is 400. The molecule has 0 aromatic carbocycles. The van der Waals surface area contributed by atoms with Crippen LogP contribution in [0.5, 0.6) is 0 Å². The lowest BCUT2D eigenvalue weighted by Gasteiger charge is -2.02. The molecule has 4 heteroatoms. The maximum atomic E-state index is 11.4. The average molecular weight is 236 g/mol. The summed E-state index contributed by atoms with van der Waals surface area (Å²) in [6, 6.07) is 0. The molecular formula is C13H16O4. The van der Waals surface area contributed by atoms with Gasteiger partial charge in [0.25, 0.3) is 0 Å². The fraction of sp³-hybridized carbons (Fsp3) is 0.385. The predicted octanol–water partition coefficient (Wildman–Crippen LogP) is 1.31. The van der Waals surface area contributed by atoms with E-state index < -0.39 is 6.10 Å². The second-order valence-corrected chi connectivity index (χ2v) is 3.96. The monoisotopic (exact) mass is 236 g/mol. The molecule has 0 aromatic rings. The van der Waals surface area contributed by atoms with E-state index in [9.17, 15) is 14.7 Å². The van der Waals surface area contributed by atoms with E-state index in [1.54, 1.807) is 25.2 Å². The van der Waals surface area contributed by atoms with Gasteiger partial charge in [0, 0.05) is 12.0 Å². The van der Waals surface area contributed by atoms with Gasteiger partial charge < -0.3 is 9.84 Å². The first-order chi connectivity index (χ1) is 8.00. The maximum Gasteiger partial charge on any atom is 0.334 e. The van der Waals surface area contributed by atoms with E-state index in [2.05, 4.69) is 0 Å². The van der Waals surface area contributed by atoms with Gasteiger partial charge in [-0.2, -0.15) is 0 Å². The molecule has 0 amide bonds. The van der Waals surface area contributed by atoms with Crippen molar-refractivity contribution in [2.24, 2.45) is 0 Å². The molecule has 1 heterocycles. The second-order valence-electron chi connectivity index (χ2n) is 3.96. The normalized spacial score (nSPS) is 18.2. The number of rotatable bonds is 5. The first-order valence-corrected chi connectivity index (χ1v) is 5.43. The molecule has 0 aliphatic carbocycles. The van der Waals surface area contributed by atoms with E-state index >= 15 is 0 Å². The highest BCUT2D eigenvalue weighted by atomic mass is 16.5. The zero-order chi connectivity index (χ0) is 12.8. The molecule has 0 unspecified atom stereocenters. The highest BCUT2D eigenvalue weighted by Gasteiger charge is 2.23. The summed E-state index contributed by atoms with van der Waals surface area (Å²) in [6.07, 6.45) is 6.16. The minimum atomic E-state index is -0.577. The number of hydrogen-bond donors (Lipinski definition) is 1. The van der Waals surface area contributed by atoms with Crippen molar-refractivity contribution in [1.29, 1.82) is 0 Å². The van der Waals surface area contributed by atoms with Crippen LogP contribution in [0.1, 0.15) is 20.3 Å². The number of esters is 1. The van der Waals surface area contributed by atoms with Crippen LogP contribution in [0.2, 0.25) is 0 Å². The molecule has 1 aliphatic rings. The standard InChI is InChI=1S/C13H16O4/c1-9(14)5-3-4-6-11-8-17-13(16)12(11)7-10(2)15/h3-6,10,15H,7-8H2,1-2H3/t10-/m0/s1. The molecule has 4 nitrogen and oxygen atoms in total. The van der Waals surface area contributed by atoms with E-state index in [1.807, 2.05) is 0 Å². The van der Waals surface area contributed by atoms with Crippen LogP contribution in [0, 0.1) is 0 Å². The Labute approximate surface area is 100 Å². The van der Waals surface area contributed by atoms with Gasteiger partial charge in [-0.05, 0) is 25.5 Å². The van der Waals surface area contributed by atoms with Gasteiger partial charge in [0.05, 0.1) is 6.10 Å². The first-order valence-electron chi connectivity index (χ1n) is 5.43. The van der Waals surface area contributed by atoms with Crippen molar-refractivity contribution >= 4 is 11.8 Å². The van der Waals surface area contributed by atoms with Gasteiger partial charge in [-0.1, -0.05) is 18.2 Å². The number of hydrogen-bond acceptors (Lipinski definition) is 4. The van der Waals surface area contributed by atoms with Crippen LogP contribution in [0.3, 0.4) is 0 Å². The molecule has 0 aromatic heterocycles. The molecule has 1 aliphatic heterocycles. The molecule has 0 fully saturated rings. The van der Waals surface area contributed by atoms with Crippen molar-refractivity contribution in [1.82, 2.24) is 0 Å². The van der Waals surface area contributed by atoms with Gasteiger partial charge >= 0.3 is 5.97 Å². The van der Waals surface area contributed by atoms with Crippen LogP contribution in [-0.2, 0) is 14.3 Å².